The molecule has 4 aromatic rings. The van der Waals surface area contributed by atoms with Crippen LogP contribution in [0.1, 0.15) is 0 Å². The molecule has 41 heavy (non-hydrogen) atoms. The summed E-state index contributed by atoms with van der Waals surface area (Å²) < 4.78 is 74.1. The topological polar surface area (TPSA) is 114 Å². The molecule has 11 nitrogen and oxygen atoms in total. The average Bonchev–Trinajstić information content (AvgIpc) is 3.22. The van der Waals surface area contributed by atoms with Gasteiger partial charge in [0.15, 0.2) is 17.5 Å². The molecule has 0 bridgehead atoms. The van der Waals surface area contributed by atoms with Crippen LogP contribution in [0, 0.1) is 21.7 Å². The Hall–Kier alpha value is -4.60. The Morgan fingerprint density at radius 1 is 1.07 bits per heavy atom. The number of nitro benzene ring substituents is 1. The molecule has 2 aromatic heterocycles. The van der Waals surface area contributed by atoms with Gasteiger partial charge in [-0.25, -0.2) is 23.7 Å². The summed E-state index contributed by atoms with van der Waals surface area (Å²) in [4.78, 5) is 27.3. The fraction of sp³-hybridized carbons (Fsp3) is 0.320. The second-order valence-corrected chi connectivity index (χ2v) is 9.31. The summed E-state index contributed by atoms with van der Waals surface area (Å²) in [6, 6.07) is 5.32. The first-order valence-corrected chi connectivity index (χ1v) is 12.0. The third-order valence-corrected chi connectivity index (χ3v) is 6.05. The smallest absolute Gasteiger partial charge is 0.406 e. The highest BCUT2D eigenvalue weighted by Gasteiger charge is 2.31. The van der Waals surface area contributed by atoms with E-state index in [4.69, 9.17) is 4.74 Å². The van der Waals surface area contributed by atoms with E-state index < -0.39 is 29.3 Å². The van der Waals surface area contributed by atoms with Gasteiger partial charge in [0.2, 0.25) is 5.95 Å². The van der Waals surface area contributed by atoms with Crippen LogP contribution in [0.4, 0.5) is 45.0 Å². The molecular weight excluding hydrogens is 555 g/mol. The minimum absolute atomic E-state index is 0.0997. The number of hydrogen-bond acceptors (Lipinski definition) is 9. The van der Waals surface area contributed by atoms with Gasteiger partial charge in [-0.1, -0.05) is 0 Å². The summed E-state index contributed by atoms with van der Waals surface area (Å²) in [6.45, 7) is -0.420. The molecule has 0 unspecified atom stereocenters. The molecule has 0 saturated carbocycles. The number of nitro groups is 1. The van der Waals surface area contributed by atoms with Crippen molar-refractivity contribution in [2.75, 3.05) is 51.6 Å². The number of rotatable bonds is 10. The summed E-state index contributed by atoms with van der Waals surface area (Å²) in [7, 11) is 6.82. The van der Waals surface area contributed by atoms with Gasteiger partial charge in [-0.3, -0.25) is 10.1 Å². The van der Waals surface area contributed by atoms with E-state index in [0.29, 0.717) is 35.5 Å². The monoisotopic (exact) mass is 580 g/mol. The fourth-order valence-electron chi connectivity index (χ4n) is 4.07. The molecule has 0 radical (unpaired) electrons. The Morgan fingerprint density at radius 3 is 2.41 bits per heavy atom. The highest BCUT2D eigenvalue weighted by atomic mass is 19.4. The fourth-order valence-corrected chi connectivity index (χ4v) is 4.07. The molecule has 0 aliphatic heterocycles. The predicted octanol–water partition coefficient (Wildman–Crippen LogP) is 4.99. The molecule has 2 aromatic carbocycles. The van der Waals surface area contributed by atoms with Crippen LogP contribution in [0.5, 0.6) is 5.75 Å². The SMILES string of the molecule is COc1cc(N(C)CCN(C)C)c([N+](=O)[O-])cc1Nc1nccc(-c2nc3cc(F)c(F)cc3n2CC(F)(F)F)n1. The van der Waals surface area contributed by atoms with Crippen molar-refractivity contribution < 1.29 is 31.6 Å². The number of aromatic nitrogens is 4. The van der Waals surface area contributed by atoms with Gasteiger partial charge in [-0.2, -0.15) is 13.2 Å². The number of likely N-dealkylation sites (N-methyl/N-ethyl adjacent to an activating group) is 2. The number of alkyl halides is 3. The lowest BCUT2D eigenvalue weighted by Crippen LogP contribution is -2.28. The van der Waals surface area contributed by atoms with Crippen LogP contribution in [-0.4, -0.2) is 76.9 Å². The van der Waals surface area contributed by atoms with Gasteiger partial charge in [0.1, 0.15) is 23.7 Å². The summed E-state index contributed by atoms with van der Waals surface area (Å²) in [5, 5.41) is 14.7. The van der Waals surface area contributed by atoms with Gasteiger partial charge >= 0.3 is 6.18 Å². The Labute approximate surface area is 230 Å². The van der Waals surface area contributed by atoms with Gasteiger partial charge in [-0.05, 0) is 20.2 Å². The molecule has 0 spiro atoms. The standard InChI is InChI=1S/C25H25F5N8O3/c1-35(2)7-8-36(3)20-12-22(41-4)18(11-21(20)38(39)40)34-24-31-6-5-16(33-24)23-32-17-9-14(26)15(27)10-19(17)37(23)13-25(28,29)30/h5-6,9-12H,7-8,13H2,1-4H3,(H,31,33,34). The van der Waals surface area contributed by atoms with Gasteiger partial charge in [0, 0.05) is 50.6 Å². The van der Waals surface area contributed by atoms with Crippen LogP contribution in [0.2, 0.25) is 0 Å². The maximum absolute atomic E-state index is 13.9. The number of imidazole rings is 1. The number of benzene rings is 2. The number of methoxy groups -OCH3 is 1. The van der Waals surface area contributed by atoms with E-state index in [1.165, 1.54) is 31.5 Å². The summed E-state index contributed by atoms with van der Waals surface area (Å²) in [5.74, 6) is -2.85. The molecule has 218 valence electrons. The molecule has 0 aliphatic rings. The number of nitrogens with zero attached hydrogens (tertiary/aromatic N) is 7. The lowest BCUT2D eigenvalue weighted by atomic mass is 10.2. The molecular formula is C25H25F5N8O3. The zero-order valence-electron chi connectivity index (χ0n) is 22.3. The van der Waals surface area contributed by atoms with Gasteiger partial charge in [0.25, 0.3) is 5.69 Å². The largest absolute Gasteiger partial charge is 0.494 e. The van der Waals surface area contributed by atoms with Crippen LogP contribution in [0.15, 0.2) is 36.5 Å². The van der Waals surface area contributed by atoms with E-state index in [1.807, 2.05) is 19.0 Å². The molecule has 4 rings (SSSR count). The third kappa shape index (κ3) is 6.59. The van der Waals surface area contributed by atoms with Crippen molar-refractivity contribution in [2.45, 2.75) is 12.7 Å². The molecule has 0 amide bonds. The second-order valence-electron chi connectivity index (χ2n) is 9.31. The first-order valence-electron chi connectivity index (χ1n) is 12.0. The first-order chi connectivity index (χ1) is 19.3. The van der Waals surface area contributed by atoms with E-state index in [1.54, 1.807) is 11.9 Å². The number of anilines is 3. The van der Waals surface area contributed by atoms with Crippen molar-refractivity contribution in [3.05, 3.63) is 58.3 Å². The summed E-state index contributed by atoms with van der Waals surface area (Å²) in [5.41, 5.74) is -0.402. The zero-order valence-corrected chi connectivity index (χ0v) is 22.3. The molecule has 2 heterocycles. The van der Waals surface area contributed by atoms with Gasteiger partial charge in [-0.15, -0.1) is 0 Å². The predicted molar refractivity (Wildman–Crippen MR) is 141 cm³/mol. The lowest BCUT2D eigenvalue weighted by Gasteiger charge is -2.22. The van der Waals surface area contributed by atoms with Crippen molar-refractivity contribution in [2.24, 2.45) is 0 Å². The minimum atomic E-state index is -4.71. The molecule has 16 heteroatoms. The van der Waals surface area contributed by atoms with Gasteiger partial charge < -0.3 is 24.4 Å². The number of hydrogen-bond donors (Lipinski definition) is 1. The Bertz CT molecular complexity index is 1590. The maximum Gasteiger partial charge on any atom is 0.406 e. The van der Waals surface area contributed by atoms with Crippen LogP contribution in [0.3, 0.4) is 0 Å². The lowest BCUT2D eigenvalue weighted by molar-refractivity contribution is -0.384. The van der Waals surface area contributed by atoms with E-state index in [0.717, 1.165) is 0 Å². The quantitative estimate of drug-likeness (QED) is 0.157. The Kier molecular flexibility index (Phi) is 8.23. The van der Waals surface area contributed by atoms with Crippen LogP contribution in [-0.2, 0) is 6.54 Å². The van der Waals surface area contributed by atoms with Crippen molar-refractivity contribution in [3.63, 3.8) is 0 Å². The number of halogens is 5. The second kappa shape index (κ2) is 11.5. The van der Waals surface area contributed by atoms with Crippen LogP contribution < -0.4 is 15.0 Å². The number of ether oxygens (including phenoxy) is 1. The molecule has 0 aliphatic carbocycles. The van der Waals surface area contributed by atoms with Crippen molar-refractivity contribution in [1.82, 2.24) is 24.4 Å². The first kappa shape index (κ1) is 29.4. The van der Waals surface area contributed by atoms with Gasteiger partial charge in [0.05, 0.1) is 28.8 Å². The number of nitrogens with one attached hydrogen (secondary N) is 1. The number of fused-ring (bicyclic) bond motifs is 1. The third-order valence-electron chi connectivity index (χ3n) is 6.05. The average molecular weight is 581 g/mol. The van der Waals surface area contributed by atoms with E-state index in [-0.39, 0.29) is 45.6 Å². The van der Waals surface area contributed by atoms with Crippen molar-refractivity contribution >= 4 is 34.0 Å². The highest BCUT2D eigenvalue weighted by molar-refractivity contribution is 5.81. The normalized spacial score (nSPS) is 11.8. The highest BCUT2D eigenvalue weighted by Crippen LogP contribution is 2.39. The Morgan fingerprint density at radius 2 is 1.78 bits per heavy atom. The van der Waals surface area contributed by atoms with E-state index >= 15 is 0 Å². The summed E-state index contributed by atoms with van der Waals surface area (Å²) in [6.07, 6.45) is -3.48. The van der Waals surface area contributed by atoms with E-state index in [9.17, 15) is 32.1 Å². The summed E-state index contributed by atoms with van der Waals surface area (Å²) >= 11 is 0. The maximum atomic E-state index is 13.9. The molecule has 0 fully saturated rings. The van der Waals surface area contributed by atoms with Crippen molar-refractivity contribution in [1.29, 1.82) is 0 Å². The van der Waals surface area contributed by atoms with E-state index in [2.05, 4.69) is 20.3 Å². The van der Waals surface area contributed by atoms with Crippen LogP contribution in [0.25, 0.3) is 22.6 Å². The molecule has 0 saturated heterocycles. The zero-order chi connectivity index (χ0) is 30.1. The van der Waals surface area contributed by atoms with Crippen molar-refractivity contribution in [3.8, 4) is 17.3 Å². The Balaban J connectivity index is 1.76. The minimum Gasteiger partial charge on any atom is -0.494 e. The van der Waals surface area contributed by atoms with Crippen LogP contribution >= 0.6 is 0 Å². The molecule has 0 atom stereocenters. The molecule has 1 N–H and O–H groups in total.